The van der Waals surface area contributed by atoms with Crippen LogP contribution in [-0.2, 0) is 19.3 Å². The Hall–Kier alpha value is -1.78. The number of hydrazine groups is 1. The van der Waals surface area contributed by atoms with Crippen molar-refractivity contribution in [2.24, 2.45) is 11.8 Å². The van der Waals surface area contributed by atoms with Gasteiger partial charge in [-0.15, -0.1) is 0 Å². The van der Waals surface area contributed by atoms with Crippen molar-refractivity contribution in [2.75, 3.05) is 0 Å². The van der Waals surface area contributed by atoms with Gasteiger partial charge in [0.25, 0.3) is 0 Å². The zero-order valence-electron chi connectivity index (χ0n) is 11.7. The number of rotatable bonds is 4. The molecule has 0 saturated heterocycles. The summed E-state index contributed by atoms with van der Waals surface area (Å²) in [7, 11) is 0. The molecular formula is C17H18F2N2. The highest BCUT2D eigenvalue weighted by atomic mass is 19.1. The van der Waals surface area contributed by atoms with E-state index < -0.39 is 5.82 Å². The lowest BCUT2D eigenvalue weighted by Crippen LogP contribution is -2.43. The second-order valence-corrected chi connectivity index (χ2v) is 5.65. The molecule has 0 spiro atoms. The predicted molar refractivity (Wildman–Crippen MR) is 78.5 cm³/mol. The third-order valence-electron chi connectivity index (χ3n) is 4.31. The van der Waals surface area contributed by atoms with Crippen LogP contribution in [0.1, 0.15) is 16.7 Å². The van der Waals surface area contributed by atoms with Gasteiger partial charge in [-0.25, -0.2) is 8.78 Å². The number of benzene rings is 2. The number of nitrogens with two attached hydrogens (primary N) is 1. The van der Waals surface area contributed by atoms with E-state index >= 15 is 0 Å². The highest BCUT2D eigenvalue weighted by Gasteiger charge is 2.28. The molecule has 1 unspecified atom stereocenters. The van der Waals surface area contributed by atoms with Crippen LogP contribution in [0, 0.1) is 17.6 Å². The van der Waals surface area contributed by atoms with Gasteiger partial charge in [0.2, 0.25) is 0 Å². The van der Waals surface area contributed by atoms with Crippen LogP contribution in [0.25, 0.3) is 0 Å². The van der Waals surface area contributed by atoms with Crippen molar-refractivity contribution >= 4 is 0 Å². The topological polar surface area (TPSA) is 38.0 Å². The zero-order valence-corrected chi connectivity index (χ0v) is 11.7. The van der Waals surface area contributed by atoms with E-state index in [2.05, 4.69) is 17.6 Å². The van der Waals surface area contributed by atoms with E-state index in [4.69, 9.17) is 5.84 Å². The first-order chi connectivity index (χ1) is 10.2. The quantitative estimate of drug-likeness (QED) is 0.670. The summed E-state index contributed by atoms with van der Waals surface area (Å²) in [5, 5.41) is 0. The molecule has 2 aromatic carbocycles. The van der Waals surface area contributed by atoms with E-state index in [1.165, 1.54) is 23.3 Å². The van der Waals surface area contributed by atoms with Crippen LogP contribution in [0.4, 0.5) is 8.78 Å². The van der Waals surface area contributed by atoms with Crippen molar-refractivity contribution < 1.29 is 8.78 Å². The normalized spacial score (nSPS) is 16.0. The number of nitrogens with one attached hydrogen (secondary N) is 1. The van der Waals surface area contributed by atoms with E-state index in [0.29, 0.717) is 17.9 Å². The van der Waals surface area contributed by atoms with Gasteiger partial charge in [-0.3, -0.25) is 11.3 Å². The van der Waals surface area contributed by atoms with Crippen molar-refractivity contribution in [2.45, 2.75) is 25.3 Å². The number of halogens is 2. The molecule has 21 heavy (non-hydrogen) atoms. The van der Waals surface area contributed by atoms with Gasteiger partial charge in [0.05, 0.1) is 0 Å². The Morgan fingerprint density at radius 1 is 1.10 bits per heavy atom. The van der Waals surface area contributed by atoms with Gasteiger partial charge in [-0.1, -0.05) is 24.3 Å². The number of fused-ring (bicyclic) bond motifs is 1. The monoisotopic (exact) mass is 288 g/mol. The van der Waals surface area contributed by atoms with Crippen LogP contribution < -0.4 is 11.3 Å². The second kappa shape index (κ2) is 5.92. The predicted octanol–water partition coefficient (Wildman–Crippen LogP) is 2.75. The fraction of sp³-hybridized carbons (Fsp3) is 0.294. The fourth-order valence-electron chi connectivity index (χ4n) is 3.18. The Morgan fingerprint density at radius 3 is 2.38 bits per heavy atom. The fourth-order valence-corrected chi connectivity index (χ4v) is 3.18. The summed E-state index contributed by atoms with van der Waals surface area (Å²) >= 11 is 0. The maximum Gasteiger partial charge on any atom is 0.126 e. The van der Waals surface area contributed by atoms with Gasteiger partial charge in [0.1, 0.15) is 11.6 Å². The molecule has 0 aliphatic heterocycles. The molecule has 3 rings (SSSR count). The summed E-state index contributed by atoms with van der Waals surface area (Å²) in [5.41, 5.74) is 5.80. The Kier molecular flexibility index (Phi) is 3.99. The van der Waals surface area contributed by atoms with Crippen LogP contribution in [0.3, 0.4) is 0 Å². The summed E-state index contributed by atoms with van der Waals surface area (Å²) in [6.45, 7) is 0. The van der Waals surface area contributed by atoms with Crippen LogP contribution in [0.5, 0.6) is 0 Å². The Labute approximate surface area is 122 Å². The van der Waals surface area contributed by atoms with Crippen molar-refractivity contribution in [3.05, 3.63) is 70.8 Å². The molecule has 0 amide bonds. The van der Waals surface area contributed by atoms with Crippen molar-refractivity contribution in [3.8, 4) is 0 Å². The van der Waals surface area contributed by atoms with Crippen LogP contribution in [-0.4, -0.2) is 6.04 Å². The van der Waals surface area contributed by atoms with Gasteiger partial charge in [-0.2, -0.15) is 0 Å². The Morgan fingerprint density at radius 2 is 1.76 bits per heavy atom. The minimum atomic E-state index is -0.420. The number of hydrogen-bond donors (Lipinski definition) is 2. The molecule has 0 bridgehead atoms. The molecule has 1 aliphatic rings. The third-order valence-corrected chi connectivity index (χ3v) is 4.31. The summed E-state index contributed by atoms with van der Waals surface area (Å²) in [6.07, 6.45) is 2.22. The van der Waals surface area contributed by atoms with Gasteiger partial charge < -0.3 is 0 Å². The molecule has 0 fully saturated rings. The third kappa shape index (κ3) is 2.96. The SMILES string of the molecule is NNC(Cc1cc(F)ccc1F)C1Cc2ccccc2C1. The smallest absolute Gasteiger partial charge is 0.126 e. The summed E-state index contributed by atoms with van der Waals surface area (Å²) in [6, 6.07) is 11.8. The molecule has 1 atom stereocenters. The molecule has 3 N–H and O–H groups in total. The minimum Gasteiger partial charge on any atom is -0.271 e. The van der Waals surface area contributed by atoms with E-state index in [9.17, 15) is 8.78 Å². The minimum absolute atomic E-state index is 0.0753. The zero-order chi connectivity index (χ0) is 14.8. The first-order valence-electron chi connectivity index (χ1n) is 7.14. The van der Waals surface area contributed by atoms with Gasteiger partial charge >= 0.3 is 0 Å². The highest BCUT2D eigenvalue weighted by molar-refractivity contribution is 5.33. The van der Waals surface area contributed by atoms with Crippen LogP contribution in [0.2, 0.25) is 0 Å². The molecule has 0 saturated carbocycles. The second-order valence-electron chi connectivity index (χ2n) is 5.65. The van der Waals surface area contributed by atoms with E-state index in [1.54, 1.807) is 0 Å². The standard InChI is InChI=1S/C17H18F2N2/c18-15-5-6-16(19)13(9-15)10-17(21-20)14-7-11-3-1-2-4-12(11)8-14/h1-6,9,14,17,21H,7-8,10,20H2. The maximum absolute atomic E-state index is 13.8. The van der Waals surface area contributed by atoms with Gasteiger partial charge in [0.15, 0.2) is 0 Å². The average Bonchev–Trinajstić information content (AvgIpc) is 2.91. The lowest BCUT2D eigenvalue weighted by molar-refractivity contribution is 0.362. The maximum atomic E-state index is 13.8. The molecule has 0 heterocycles. The van der Waals surface area contributed by atoms with E-state index in [0.717, 1.165) is 18.9 Å². The molecule has 1 aliphatic carbocycles. The summed E-state index contributed by atoms with van der Waals surface area (Å²) in [4.78, 5) is 0. The van der Waals surface area contributed by atoms with Gasteiger partial charge in [0, 0.05) is 6.04 Å². The van der Waals surface area contributed by atoms with Gasteiger partial charge in [-0.05, 0) is 60.1 Å². The van der Waals surface area contributed by atoms with Crippen molar-refractivity contribution in [1.82, 2.24) is 5.43 Å². The Balaban J connectivity index is 1.76. The van der Waals surface area contributed by atoms with Crippen molar-refractivity contribution in [3.63, 3.8) is 0 Å². The first-order valence-corrected chi connectivity index (χ1v) is 7.14. The first kappa shape index (κ1) is 14.2. The molecule has 2 aromatic rings. The highest BCUT2D eigenvalue weighted by Crippen LogP contribution is 2.30. The molecule has 110 valence electrons. The molecule has 4 heteroatoms. The van der Waals surface area contributed by atoms with Crippen molar-refractivity contribution in [1.29, 1.82) is 0 Å². The largest absolute Gasteiger partial charge is 0.271 e. The summed E-state index contributed by atoms with van der Waals surface area (Å²) < 4.78 is 27.1. The van der Waals surface area contributed by atoms with Crippen LogP contribution in [0.15, 0.2) is 42.5 Å². The molecule has 0 radical (unpaired) electrons. The molecular weight excluding hydrogens is 270 g/mol. The van der Waals surface area contributed by atoms with Crippen LogP contribution >= 0.6 is 0 Å². The lowest BCUT2D eigenvalue weighted by Gasteiger charge is -2.23. The van der Waals surface area contributed by atoms with E-state index in [-0.39, 0.29) is 11.9 Å². The summed E-state index contributed by atoms with van der Waals surface area (Å²) in [5.74, 6) is 5.16. The Bertz CT molecular complexity index is 617. The lowest BCUT2D eigenvalue weighted by atomic mass is 9.91. The van der Waals surface area contributed by atoms with E-state index in [1.807, 2.05) is 12.1 Å². The molecule has 2 nitrogen and oxygen atoms in total. The molecule has 0 aromatic heterocycles. The number of hydrogen-bond acceptors (Lipinski definition) is 2. The average molecular weight is 288 g/mol.